The van der Waals surface area contributed by atoms with Crippen molar-refractivity contribution in [1.82, 2.24) is 9.55 Å². The van der Waals surface area contributed by atoms with Gasteiger partial charge in [-0.3, -0.25) is 0 Å². The van der Waals surface area contributed by atoms with Crippen molar-refractivity contribution < 1.29 is 0 Å². The van der Waals surface area contributed by atoms with E-state index in [0.717, 1.165) is 25.8 Å². The first-order valence-corrected chi connectivity index (χ1v) is 20.9. The average molecular weight is 635 g/mol. The molecule has 0 saturated carbocycles. The molecule has 0 unspecified atom stereocenters. The highest BCUT2D eigenvalue weighted by molar-refractivity contribution is 5.15. The molecule has 2 nitrogen and oxygen atoms in total. The monoisotopic (exact) mass is 635 g/mol. The molecule has 264 valence electrons. The predicted octanol–water partition coefficient (Wildman–Crippen LogP) is 14.6. The van der Waals surface area contributed by atoms with E-state index in [0.29, 0.717) is 0 Å². The Bertz CT molecular complexity index is 885. The molecule has 0 aliphatic carbocycles. The highest BCUT2D eigenvalue weighted by Gasteiger charge is 2.09. The van der Waals surface area contributed by atoms with Crippen molar-refractivity contribution in [2.75, 3.05) is 0 Å². The minimum Gasteiger partial charge on any atom is -0.335 e. The Balaban J connectivity index is 1.57. The van der Waals surface area contributed by atoms with Crippen LogP contribution in [0.4, 0.5) is 0 Å². The van der Waals surface area contributed by atoms with Gasteiger partial charge in [-0.1, -0.05) is 211 Å². The van der Waals surface area contributed by atoms with Gasteiger partial charge in [0.15, 0.2) is 0 Å². The largest absolute Gasteiger partial charge is 0.335 e. The van der Waals surface area contributed by atoms with Gasteiger partial charge in [0.1, 0.15) is 5.82 Å². The third-order valence-corrected chi connectivity index (χ3v) is 10.2. The maximum atomic E-state index is 5.19. The van der Waals surface area contributed by atoms with Crippen LogP contribution in [0.3, 0.4) is 0 Å². The molecular weight excluding hydrogens is 556 g/mol. The second kappa shape index (κ2) is 30.7. The fourth-order valence-corrected chi connectivity index (χ4v) is 7.10. The van der Waals surface area contributed by atoms with Gasteiger partial charge in [-0.15, -0.1) is 0 Å². The van der Waals surface area contributed by atoms with Crippen molar-refractivity contribution in [2.45, 2.75) is 226 Å². The molecule has 0 aliphatic heterocycles. The summed E-state index contributed by atoms with van der Waals surface area (Å²) in [5, 5.41) is 0. The Morgan fingerprint density at radius 3 is 1.28 bits per heavy atom. The maximum Gasteiger partial charge on any atom is 0.108 e. The van der Waals surface area contributed by atoms with E-state index in [9.17, 15) is 0 Å². The third-order valence-electron chi connectivity index (χ3n) is 10.2. The van der Waals surface area contributed by atoms with Crippen molar-refractivity contribution >= 4 is 0 Å². The molecule has 0 fully saturated rings. The fourth-order valence-electron chi connectivity index (χ4n) is 7.10. The standard InChI is InChI=1S/C44H78N2/c1-3-5-7-9-11-13-15-17-18-19-20-22-24-26-28-33-40-46-41-43(38-34-37-42-35-30-29-31-36-42)45-44(46)39-32-27-25-23-21-16-14-12-10-8-6-4-2/h29-31,35-36,41H,3-28,32-34,37-40H2,1-2H3. The van der Waals surface area contributed by atoms with Gasteiger partial charge in [0, 0.05) is 19.2 Å². The normalized spacial score (nSPS) is 11.5. The van der Waals surface area contributed by atoms with Gasteiger partial charge in [0.2, 0.25) is 0 Å². The zero-order valence-electron chi connectivity index (χ0n) is 31.2. The molecule has 0 amide bonds. The number of hydrogen-bond acceptors (Lipinski definition) is 1. The summed E-state index contributed by atoms with van der Waals surface area (Å²) in [5.74, 6) is 1.36. The summed E-state index contributed by atoms with van der Waals surface area (Å²) in [6, 6.07) is 11.0. The summed E-state index contributed by atoms with van der Waals surface area (Å²) in [5.41, 5.74) is 2.77. The van der Waals surface area contributed by atoms with E-state index < -0.39 is 0 Å². The van der Waals surface area contributed by atoms with Crippen molar-refractivity contribution in [2.24, 2.45) is 0 Å². The van der Waals surface area contributed by atoms with Crippen LogP contribution in [-0.2, 0) is 25.8 Å². The lowest BCUT2D eigenvalue weighted by Crippen LogP contribution is -2.03. The molecule has 2 aromatic rings. The molecular formula is C44H78N2. The zero-order chi connectivity index (χ0) is 32.6. The molecule has 0 saturated heterocycles. The maximum absolute atomic E-state index is 5.19. The molecule has 0 aliphatic rings. The van der Waals surface area contributed by atoms with Crippen molar-refractivity contribution in [3.8, 4) is 0 Å². The molecule has 1 aromatic carbocycles. The van der Waals surface area contributed by atoms with Crippen molar-refractivity contribution in [3.63, 3.8) is 0 Å². The lowest BCUT2D eigenvalue weighted by Gasteiger charge is -2.08. The summed E-state index contributed by atoms with van der Waals surface area (Å²) in [4.78, 5) is 5.19. The van der Waals surface area contributed by atoms with Crippen LogP contribution in [0.25, 0.3) is 0 Å². The zero-order valence-corrected chi connectivity index (χ0v) is 31.2. The molecule has 0 N–H and O–H groups in total. The third kappa shape index (κ3) is 22.9. The van der Waals surface area contributed by atoms with Crippen LogP contribution in [0.1, 0.15) is 217 Å². The number of rotatable bonds is 34. The molecule has 2 rings (SSSR count). The van der Waals surface area contributed by atoms with Gasteiger partial charge >= 0.3 is 0 Å². The number of aromatic nitrogens is 2. The number of imidazole rings is 1. The molecule has 0 atom stereocenters. The molecule has 1 heterocycles. The first-order chi connectivity index (χ1) is 22.8. The van der Waals surface area contributed by atoms with E-state index in [-0.39, 0.29) is 0 Å². The van der Waals surface area contributed by atoms with Crippen LogP contribution >= 0.6 is 0 Å². The topological polar surface area (TPSA) is 17.8 Å². The summed E-state index contributed by atoms with van der Waals surface area (Å²) < 4.78 is 2.54. The van der Waals surface area contributed by atoms with E-state index >= 15 is 0 Å². The Labute approximate surface area is 288 Å². The van der Waals surface area contributed by atoms with Gasteiger partial charge < -0.3 is 4.57 Å². The Morgan fingerprint density at radius 2 is 0.826 bits per heavy atom. The summed E-state index contributed by atoms with van der Waals surface area (Å²) in [6.07, 6.45) is 46.9. The second-order valence-electron chi connectivity index (χ2n) is 14.6. The molecule has 46 heavy (non-hydrogen) atoms. The lowest BCUT2D eigenvalue weighted by molar-refractivity contribution is 0.513. The van der Waals surface area contributed by atoms with Gasteiger partial charge in [-0.25, -0.2) is 4.98 Å². The van der Waals surface area contributed by atoms with E-state index in [1.54, 1.807) is 0 Å². The number of hydrogen-bond donors (Lipinski definition) is 0. The summed E-state index contributed by atoms with van der Waals surface area (Å²) >= 11 is 0. The van der Waals surface area contributed by atoms with E-state index in [4.69, 9.17) is 4.98 Å². The quantitative estimate of drug-likeness (QED) is 0.0700. The number of unbranched alkanes of at least 4 members (excludes halogenated alkanes) is 26. The Kier molecular flexibility index (Phi) is 27.1. The highest BCUT2D eigenvalue weighted by atomic mass is 15.1. The van der Waals surface area contributed by atoms with Crippen LogP contribution in [0.2, 0.25) is 0 Å². The van der Waals surface area contributed by atoms with Gasteiger partial charge in [0.25, 0.3) is 0 Å². The molecule has 2 heteroatoms. The number of benzene rings is 1. The number of aryl methyl sites for hydroxylation is 4. The van der Waals surface area contributed by atoms with E-state index in [1.165, 1.54) is 203 Å². The summed E-state index contributed by atoms with van der Waals surface area (Å²) in [7, 11) is 0. The molecule has 1 aromatic heterocycles. The number of nitrogens with zero attached hydrogens (tertiary/aromatic N) is 2. The van der Waals surface area contributed by atoms with Gasteiger partial charge in [0.05, 0.1) is 5.69 Å². The van der Waals surface area contributed by atoms with Gasteiger partial charge in [-0.05, 0) is 37.7 Å². The lowest BCUT2D eigenvalue weighted by atomic mass is 10.0. The van der Waals surface area contributed by atoms with E-state index in [1.807, 2.05) is 0 Å². The van der Waals surface area contributed by atoms with Crippen LogP contribution in [0.15, 0.2) is 36.5 Å². The fraction of sp³-hybridized carbons (Fsp3) is 0.795. The molecule has 0 spiro atoms. The Hall–Kier alpha value is -1.57. The van der Waals surface area contributed by atoms with Crippen LogP contribution in [0, 0.1) is 0 Å². The minimum atomic E-state index is 1.10. The minimum absolute atomic E-state index is 1.10. The second-order valence-corrected chi connectivity index (χ2v) is 14.6. The highest BCUT2D eigenvalue weighted by Crippen LogP contribution is 2.17. The van der Waals surface area contributed by atoms with E-state index in [2.05, 4.69) is 54.9 Å². The van der Waals surface area contributed by atoms with Crippen LogP contribution < -0.4 is 0 Å². The van der Waals surface area contributed by atoms with Crippen LogP contribution in [0.5, 0.6) is 0 Å². The van der Waals surface area contributed by atoms with Crippen LogP contribution in [-0.4, -0.2) is 9.55 Å². The SMILES string of the molecule is CCCCCCCCCCCCCCCCCCn1cc(CCCc2ccccc2)nc1CCCCCCCCCCCCCC. The van der Waals surface area contributed by atoms with Gasteiger partial charge in [-0.2, -0.15) is 0 Å². The first-order valence-electron chi connectivity index (χ1n) is 20.9. The predicted molar refractivity (Wildman–Crippen MR) is 205 cm³/mol. The van der Waals surface area contributed by atoms with Crippen molar-refractivity contribution in [3.05, 3.63) is 53.6 Å². The first kappa shape index (κ1) is 40.6. The summed E-state index contributed by atoms with van der Waals surface area (Å²) in [6.45, 7) is 5.78. The van der Waals surface area contributed by atoms with Crippen molar-refractivity contribution in [1.29, 1.82) is 0 Å². The smallest absolute Gasteiger partial charge is 0.108 e. The molecule has 0 radical (unpaired) electrons. The average Bonchev–Trinajstić information content (AvgIpc) is 3.46. The Morgan fingerprint density at radius 1 is 0.413 bits per heavy atom. The molecule has 0 bridgehead atoms.